The molecular formula is C17H16ClN3O3S. The van der Waals surface area contributed by atoms with Crippen molar-refractivity contribution in [2.24, 2.45) is 10.2 Å². The number of hydrogen-bond acceptors (Lipinski definition) is 6. The highest BCUT2D eigenvalue weighted by Gasteiger charge is 2.37. The summed E-state index contributed by atoms with van der Waals surface area (Å²) in [6, 6.07) is 7.98. The van der Waals surface area contributed by atoms with Crippen molar-refractivity contribution in [3.8, 4) is 0 Å². The Morgan fingerprint density at radius 2 is 2.24 bits per heavy atom. The molecule has 1 aliphatic heterocycles. The number of nitrogens with one attached hydrogen (secondary N) is 1. The lowest BCUT2D eigenvalue weighted by atomic mass is 9.92. The second-order valence-electron chi connectivity index (χ2n) is 5.39. The van der Waals surface area contributed by atoms with E-state index < -0.39 is 17.1 Å². The summed E-state index contributed by atoms with van der Waals surface area (Å²) in [6.07, 6.45) is 3.26. The molecule has 8 heteroatoms. The molecule has 25 heavy (non-hydrogen) atoms. The van der Waals surface area contributed by atoms with Crippen molar-refractivity contribution in [2.45, 2.75) is 25.0 Å². The van der Waals surface area contributed by atoms with E-state index in [4.69, 9.17) is 16.3 Å². The number of thioether (sulfide) groups is 1. The van der Waals surface area contributed by atoms with Crippen molar-refractivity contribution >= 4 is 51.7 Å². The predicted octanol–water partition coefficient (Wildman–Crippen LogP) is 2.72. The zero-order chi connectivity index (χ0) is 17.8. The van der Waals surface area contributed by atoms with Crippen molar-refractivity contribution in [2.75, 3.05) is 6.61 Å². The minimum Gasteiger partial charge on any atom is -0.465 e. The Balaban J connectivity index is 1.70. The average Bonchev–Trinajstić information content (AvgIpc) is 2.98. The van der Waals surface area contributed by atoms with E-state index in [-0.39, 0.29) is 11.8 Å². The molecule has 1 unspecified atom stereocenters. The van der Waals surface area contributed by atoms with Gasteiger partial charge in [-0.25, -0.2) is 0 Å². The number of ether oxygens (including phenoxy) is 1. The molecule has 1 atom stereocenters. The number of hydrogen-bond donors (Lipinski definition) is 1. The molecule has 0 aromatic heterocycles. The van der Waals surface area contributed by atoms with Crippen LogP contribution in [0.15, 0.2) is 40.0 Å². The zero-order valence-electron chi connectivity index (χ0n) is 13.5. The number of carbonyl (C=O) groups is 2. The maximum atomic E-state index is 11.8. The minimum atomic E-state index is -0.932. The topological polar surface area (TPSA) is 80.1 Å². The number of esters is 1. The van der Waals surface area contributed by atoms with Gasteiger partial charge in [-0.1, -0.05) is 47.6 Å². The van der Waals surface area contributed by atoms with Gasteiger partial charge in [0.1, 0.15) is 0 Å². The SMILES string of the molecule is CCOC(=O)C1SC(=N/N=C/C2=C(Cl)c3ccccc3CC2)NC1=O. The van der Waals surface area contributed by atoms with Crippen LogP contribution in [0.1, 0.15) is 24.5 Å². The van der Waals surface area contributed by atoms with Crippen LogP contribution >= 0.6 is 23.4 Å². The van der Waals surface area contributed by atoms with Gasteiger partial charge in [0.2, 0.25) is 0 Å². The lowest BCUT2D eigenvalue weighted by Gasteiger charge is -2.16. The van der Waals surface area contributed by atoms with Crippen LogP contribution in [0, 0.1) is 0 Å². The van der Waals surface area contributed by atoms with E-state index in [1.54, 1.807) is 13.1 Å². The van der Waals surface area contributed by atoms with E-state index >= 15 is 0 Å². The van der Waals surface area contributed by atoms with Crippen LogP contribution in [0.4, 0.5) is 0 Å². The van der Waals surface area contributed by atoms with Crippen molar-refractivity contribution in [1.82, 2.24) is 5.32 Å². The van der Waals surface area contributed by atoms with E-state index in [9.17, 15) is 9.59 Å². The van der Waals surface area contributed by atoms with Crippen LogP contribution in [0.5, 0.6) is 0 Å². The van der Waals surface area contributed by atoms with Gasteiger partial charge in [0, 0.05) is 0 Å². The van der Waals surface area contributed by atoms with Crippen LogP contribution in [0.3, 0.4) is 0 Å². The molecule has 1 heterocycles. The van der Waals surface area contributed by atoms with E-state index in [0.29, 0.717) is 5.03 Å². The maximum Gasteiger partial charge on any atom is 0.329 e. The van der Waals surface area contributed by atoms with Crippen molar-refractivity contribution < 1.29 is 14.3 Å². The second kappa shape index (κ2) is 7.84. The first-order chi connectivity index (χ1) is 12.1. The second-order valence-corrected chi connectivity index (χ2v) is 6.86. The first-order valence-corrected chi connectivity index (χ1v) is 9.08. The largest absolute Gasteiger partial charge is 0.465 e. The minimum absolute atomic E-state index is 0.224. The highest BCUT2D eigenvalue weighted by atomic mass is 35.5. The number of fused-ring (bicyclic) bond motifs is 1. The fraction of sp³-hybridized carbons (Fsp3) is 0.294. The Bertz CT molecular complexity index is 804. The van der Waals surface area contributed by atoms with Crippen molar-refractivity contribution in [3.63, 3.8) is 0 Å². The van der Waals surface area contributed by atoms with Gasteiger partial charge in [-0.05, 0) is 36.5 Å². The third-order valence-electron chi connectivity index (χ3n) is 3.76. The number of amides is 1. The molecule has 2 aliphatic rings. The molecule has 0 bridgehead atoms. The number of benzene rings is 1. The third kappa shape index (κ3) is 3.93. The zero-order valence-corrected chi connectivity index (χ0v) is 15.1. The molecule has 1 aromatic carbocycles. The Kier molecular flexibility index (Phi) is 5.55. The number of aryl methyl sites for hydroxylation is 1. The first-order valence-electron chi connectivity index (χ1n) is 7.82. The Morgan fingerprint density at radius 1 is 1.44 bits per heavy atom. The standard InChI is InChI=1S/C17H16ClN3O3S/c1-2-24-16(23)14-15(22)20-17(25-14)21-19-9-11-8-7-10-5-3-4-6-12(10)13(11)18/h3-6,9,14H,2,7-8H2,1H3,(H,20,21,22)/b19-9+. The maximum absolute atomic E-state index is 11.8. The average molecular weight is 378 g/mol. The molecule has 1 N–H and O–H groups in total. The van der Waals surface area contributed by atoms with Gasteiger partial charge in [-0.3, -0.25) is 9.59 Å². The smallest absolute Gasteiger partial charge is 0.329 e. The quantitative estimate of drug-likeness (QED) is 0.378. The highest BCUT2D eigenvalue weighted by Crippen LogP contribution is 2.33. The molecule has 3 rings (SSSR count). The van der Waals surface area contributed by atoms with E-state index in [1.807, 2.05) is 18.2 Å². The highest BCUT2D eigenvalue weighted by molar-refractivity contribution is 8.16. The number of allylic oxidation sites excluding steroid dienone is 1. The van der Waals surface area contributed by atoms with Crippen LogP contribution < -0.4 is 5.32 Å². The van der Waals surface area contributed by atoms with E-state index in [1.165, 1.54) is 5.56 Å². The Labute approximate surface area is 154 Å². The Morgan fingerprint density at radius 3 is 3.04 bits per heavy atom. The van der Waals surface area contributed by atoms with Crippen LogP contribution in [-0.2, 0) is 20.7 Å². The van der Waals surface area contributed by atoms with E-state index in [2.05, 4.69) is 21.6 Å². The van der Waals surface area contributed by atoms with Gasteiger partial charge in [0.25, 0.3) is 5.91 Å². The van der Waals surface area contributed by atoms with Gasteiger partial charge in [0.05, 0.1) is 17.9 Å². The molecule has 0 spiro atoms. The van der Waals surface area contributed by atoms with Gasteiger partial charge in [-0.15, -0.1) is 5.10 Å². The summed E-state index contributed by atoms with van der Waals surface area (Å²) >= 11 is 7.43. The number of carbonyl (C=O) groups excluding carboxylic acids is 2. The predicted molar refractivity (Wildman–Crippen MR) is 99.6 cm³/mol. The lowest BCUT2D eigenvalue weighted by molar-refractivity contribution is -0.144. The number of rotatable bonds is 4. The summed E-state index contributed by atoms with van der Waals surface area (Å²) in [7, 11) is 0. The van der Waals surface area contributed by atoms with Gasteiger partial charge in [0.15, 0.2) is 10.4 Å². The Hall–Kier alpha value is -2.12. The number of amidine groups is 1. The van der Waals surface area contributed by atoms with E-state index in [0.717, 1.165) is 35.7 Å². The first kappa shape index (κ1) is 17.7. The number of nitrogens with zero attached hydrogens (tertiary/aromatic N) is 2. The summed E-state index contributed by atoms with van der Waals surface area (Å²) in [5.74, 6) is -1.02. The van der Waals surface area contributed by atoms with Crippen LogP contribution in [0.2, 0.25) is 0 Å². The van der Waals surface area contributed by atoms with Crippen LogP contribution in [-0.4, -0.2) is 35.1 Å². The molecule has 130 valence electrons. The van der Waals surface area contributed by atoms with Gasteiger partial charge in [-0.2, -0.15) is 5.10 Å². The molecule has 1 aromatic rings. The molecule has 1 saturated heterocycles. The summed E-state index contributed by atoms with van der Waals surface area (Å²) < 4.78 is 4.85. The van der Waals surface area contributed by atoms with Crippen molar-refractivity contribution in [3.05, 3.63) is 41.0 Å². The lowest BCUT2D eigenvalue weighted by Crippen LogP contribution is -2.31. The molecule has 1 amide bonds. The normalized spacial score (nSPS) is 21.6. The molecule has 0 saturated carbocycles. The summed E-state index contributed by atoms with van der Waals surface area (Å²) in [6.45, 7) is 1.91. The molecule has 1 fully saturated rings. The fourth-order valence-electron chi connectivity index (χ4n) is 2.56. The third-order valence-corrected chi connectivity index (χ3v) is 5.26. The van der Waals surface area contributed by atoms with Crippen molar-refractivity contribution in [1.29, 1.82) is 0 Å². The molecule has 6 nitrogen and oxygen atoms in total. The monoisotopic (exact) mass is 377 g/mol. The summed E-state index contributed by atoms with van der Waals surface area (Å²) in [4.78, 5) is 23.4. The fourth-order valence-corrected chi connectivity index (χ4v) is 3.70. The van der Waals surface area contributed by atoms with Gasteiger partial charge >= 0.3 is 5.97 Å². The van der Waals surface area contributed by atoms with Crippen LogP contribution in [0.25, 0.3) is 5.03 Å². The summed E-state index contributed by atoms with van der Waals surface area (Å²) in [5.41, 5.74) is 3.11. The summed E-state index contributed by atoms with van der Waals surface area (Å²) in [5, 5.41) is 10.5. The molecular weight excluding hydrogens is 362 g/mol. The number of halogens is 1. The molecule has 1 aliphatic carbocycles. The van der Waals surface area contributed by atoms with Gasteiger partial charge < -0.3 is 10.1 Å². The molecule has 0 radical (unpaired) electrons.